The van der Waals surface area contributed by atoms with Crippen LogP contribution in [0.25, 0.3) is 6.08 Å². The Labute approximate surface area is 112 Å². The number of amides is 1. The Kier molecular flexibility index (Phi) is 3.77. The van der Waals surface area contributed by atoms with Gasteiger partial charge in [-0.05, 0) is 37.2 Å². The fraction of sp³-hybridized carbons (Fsp3) is 0.286. The first-order valence-corrected chi connectivity index (χ1v) is 6.44. The van der Waals surface area contributed by atoms with Gasteiger partial charge < -0.3 is 5.32 Å². The van der Waals surface area contributed by atoms with Gasteiger partial charge in [0.1, 0.15) is 5.70 Å². The zero-order valence-corrected chi connectivity index (χ0v) is 11.4. The first-order valence-electron chi connectivity index (χ1n) is 6.03. The molecule has 0 spiro atoms. The van der Waals surface area contributed by atoms with Gasteiger partial charge in [-0.25, -0.2) is 0 Å². The molecule has 0 aromatic heterocycles. The minimum absolute atomic E-state index is 0.0386. The molecule has 1 amide bonds. The minimum Gasteiger partial charge on any atom is -0.328 e. The maximum absolute atomic E-state index is 12.1. The summed E-state index contributed by atoms with van der Waals surface area (Å²) in [5.74, 6) is -0.0386. The minimum atomic E-state index is -0.0386. The number of aryl methyl sites for hydroxylation is 1. The number of hydrogen-bond acceptors (Lipinski definition) is 2. The highest BCUT2D eigenvalue weighted by Gasteiger charge is 2.29. The molecule has 0 aliphatic carbocycles. The lowest BCUT2D eigenvalue weighted by atomic mass is 10.1. The van der Waals surface area contributed by atoms with Crippen LogP contribution in [0, 0.1) is 6.92 Å². The lowest BCUT2D eigenvalue weighted by Gasteiger charge is -2.11. The van der Waals surface area contributed by atoms with Gasteiger partial charge in [0.2, 0.25) is 0 Å². The van der Waals surface area contributed by atoms with Crippen molar-refractivity contribution >= 4 is 29.3 Å². The maximum atomic E-state index is 12.1. The molecule has 2 rings (SSSR count). The van der Waals surface area contributed by atoms with Crippen LogP contribution in [0.15, 0.2) is 30.0 Å². The number of nitrogens with zero attached hydrogens (tertiary/aromatic N) is 1. The van der Waals surface area contributed by atoms with Gasteiger partial charge in [0.25, 0.3) is 5.91 Å². The van der Waals surface area contributed by atoms with Crippen molar-refractivity contribution in [2.45, 2.75) is 20.3 Å². The number of carbonyl (C=O) groups excluding carboxylic acids is 1. The van der Waals surface area contributed by atoms with Crippen molar-refractivity contribution < 1.29 is 4.79 Å². The summed E-state index contributed by atoms with van der Waals surface area (Å²) in [4.78, 5) is 13.7. The van der Waals surface area contributed by atoms with Gasteiger partial charge in [0.15, 0.2) is 5.11 Å². The second-order valence-electron chi connectivity index (χ2n) is 4.36. The van der Waals surface area contributed by atoms with Gasteiger partial charge >= 0.3 is 0 Å². The van der Waals surface area contributed by atoms with E-state index in [9.17, 15) is 4.79 Å². The van der Waals surface area contributed by atoms with Crippen molar-refractivity contribution in [2.75, 3.05) is 6.54 Å². The van der Waals surface area contributed by atoms with E-state index >= 15 is 0 Å². The SMILES string of the molecule is CCCN1C(=O)C(=Cc2cccc(C)c2)NC1=S. The standard InChI is InChI=1S/C14H16N2OS/c1-3-7-16-13(17)12(15-14(16)18)9-11-6-4-5-10(2)8-11/h4-6,8-9H,3,7H2,1-2H3,(H,15,18). The van der Waals surface area contributed by atoms with E-state index in [4.69, 9.17) is 12.2 Å². The molecule has 0 unspecified atom stereocenters. The van der Waals surface area contributed by atoms with Crippen LogP contribution in [-0.2, 0) is 4.79 Å². The second kappa shape index (κ2) is 5.31. The summed E-state index contributed by atoms with van der Waals surface area (Å²) in [6, 6.07) is 8.01. The number of rotatable bonds is 3. The molecule has 1 aromatic carbocycles. The third-order valence-electron chi connectivity index (χ3n) is 2.76. The Bertz CT molecular complexity index is 522. The lowest BCUT2D eigenvalue weighted by Crippen LogP contribution is -2.31. The predicted molar refractivity (Wildman–Crippen MR) is 76.9 cm³/mol. The summed E-state index contributed by atoms with van der Waals surface area (Å²) < 4.78 is 0. The molecule has 1 aliphatic rings. The number of benzene rings is 1. The Hall–Kier alpha value is -1.68. The summed E-state index contributed by atoms with van der Waals surface area (Å²) in [6.45, 7) is 4.72. The average molecular weight is 260 g/mol. The fourth-order valence-electron chi connectivity index (χ4n) is 1.92. The van der Waals surface area contributed by atoms with Crippen LogP contribution in [0.3, 0.4) is 0 Å². The summed E-state index contributed by atoms with van der Waals surface area (Å²) in [6.07, 6.45) is 2.74. The van der Waals surface area contributed by atoms with E-state index in [1.807, 2.05) is 44.2 Å². The van der Waals surface area contributed by atoms with Crippen LogP contribution in [0.1, 0.15) is 24.5 Å². The molecule has 0 atom stereocenters. The predicted octanol–water partition coefficient (Wildman–Crippen LogP) is 2.46. The smallest absolute Gasteiger partial charge is 0.276 e. The summed E-state index contributed by atoms with van der Waals surface area (Å²) in [5.41, 5.74) is 2.73. The molecule has 1 heterocycles. The molecule has 1 aromatic rings. The average Bonchev–Trinajstić information content (AvgIpc) is 2.57. The van der Waals surface area contributed by atoms with E-state index in [1.165, 1.54) is 5.56 Å². The summed E-state index contributed by atoms with van der Waals surface area (Å²) in [7, 11) is 0. The summed E-state index contributed by atoms with van der Waals surface area (Å²) >= 11 is 5.16. The Balaban J connectivity index is 2.25. The molecule has 94 valence electrons. The third-order valence-corrected chi connectivity index (χ3v) is 3.09. The molecule has 18 heavy (non-hydrogen) atoms. The first kappa shape index (κ1) is 12.8. The van der Waals surface area contributed by atoms with E-state index in [2.05, 4.69) is 5.32 Å². The van der Waals surface area contributed by atoms with Gasteiger partial charge in [-0.15, -0.1) is 0 Å². The monoisotopic (exact) mass is 260 g/mol. The zero-order valence-electron chi connectivity index (χ0n) is 10.6. The molecular weight excluding hydrogens is 244 g/mol. The first-order chi connectivity index (χ1) is 8.61. The quantitative estimate of drug-likeness (QED) is 0.669. The molecule has 0 saturated carbocycles. The molecule has 1 fully saturated rings. The van der Waals surface area contributed by atoms with Crippen molar-refractivity contribution in [3.8, 4) is 0 Å². The van der Waals surface area contributed by atoms with Crippen LogP contribution in [-0.4, -0.2) is 22.5 Å². The van der Waals surface area contributed by atoms with Crippen LogP contribution in [0.5, 0.6) is 0 Å². The third kappa shape index (κ3) is 2.59. The normalized spacial score (nSPS) is 17.4. The molecule has 0 radical (unpaired) electrons. The molecule has 1 N–H and O–H groups in total. The van der Waals surface area contributed by atoms with Gasteiger partial charge in [0.05, 0.1) is 0 Å². The van der Waals surface area contributed by atoms with E-state index in [1.54, 1.807) is 4.90 Å². The van der Waals surface area contributed by atoms with Gasteiger partial charge in [-0.2, -0.15) is 0 Å². The van der Waals surface area contributed by atoms with Crippen molar-refractivity contribution in [2.24, 2.45) is 0 Å². The number of thiocarbonyl (C=S) groups is 1. The van der Waals surface area contributed by atoms with Crippen molar-refractivity contribution in [1.82, 2.24) is 10.2 Å². The van der Waals surface area contributed by atoms with Crippen LogP contribution in [0.4, 0.5) is 0 Å². The Morgan fingerprint density at radius 1 is 1.44 bits per heavy atom. The van der Waals surface area contributed by atoms with Crippen LogP contribution < -0.4 is 5.32 Å². The lowest BCUT2D eigenvalue weighted by molar-refractivity contribution is -0.122. The molecule has 1 saturated heterocycles. The van der Waals surface area contributed by atoms with Crippen molar-refractivity contribution in [3.63, 3.8) is 0 Å². The number of hydrogen-bond donors (Lipinski definition) is 1. The second-order valence-corrected chi connectivity index (χ2v) is 4.75. The Morgan fingerprint density at radius 2 is 2.22 bits per heavy atom. The maximum Gasteiger partial charge on any atom is 0.276 e. The highest BCUT2D eigenvalue weighted by Crippen LogP contribution is 2.15. The molecule has 4 heteroatoms. The highest BCUT2D eigenvalue weighted by molar-refractivity contribution is 7.80. The molecule has 1 aliphatic heterocycles. The van der Waals surface area contributed by atoms with Crippen LogP contribution >= 0.6 is 12.2 Å². The fourth-order valence-corrected chi connectivity index (χ4v) is 2.21. The molecular formula is C14H16N2OS. The van der Waals surface area contributed by atoms with E-state index in [0.29, 0.717) is 17.4 Å². The topological polar surface area (TPSA) is 32.3 Å². The van der Waals surface area contributed by atoms with E-state index < -0.39 is 0 Å². The zero-order chi connectivity index (χ0) is 13.1. The Morgan fingerprint density at radius 3 is 2.89 bits per heavy atom. The van der Waals surface area contributed by atoms with Crippen LogP contribution in [0.2, 0.25) is 0 Å². The number of nitrogens with one attached hydrogen (secondary N) is 1. The van der Waals surface area contributed by atoms with E-state index in [-0.39, 0.29) is 5.91 Å². The van der Waals surface area contributed by atoms with Gasteiger partial charge in [-0.1, -0.05) is 36.8 Å². The number of carbonyl (C=O) groups is 1. The van der Waals surface area contributed by atoms with Crippen molar-refractivity contribution in [1.29, 1.82) is 0 Å². The van der Waals surface area contributed by atoms with Crippen molar-refractivity contribution in [3.05, 3.63) is 41.1 Å². The molecule has 0 bridgehead atoms. The van der Waals surface area contributed by atoms with Gasteiger partial charge in [-0.3, -0.25) is 9.69 Å². The van der Waals surface area contributed by atoms with E-state index in [0.717, 1.165) is 12.0 Å². The molecule has 3 nitrogen and oxygen atoms in total. The highest BCUT2D eigenvalue weighted by atomic mass is 32.1. The largest absolute Gasteiger partial charge is 0.328 e. The summed E-state index contributed by atoms with van der Waals surface area (Å²) in [5, 5.41) is 3.48. The van der Waals surface area contributed by atoms with Gasteiger partial charge in [0, 0.05) is 6.54 Å².